The Kier molecular flexibility index (Phi) is 6.28. The van der Waals surface area contributed by atoms with E-state index in [1.807, 2.05) is 12.2 Å². The summed E-state index contributed by atoms with van der Waals surface area (Å²) in [4.78, 5) is 0. The minimum atomic E-state index is -2.51. The van der Waals surface area contributed by atoms with Crippen molar-refractivity contribution >= 4 is 8.56 Å². The van der Waals surface area contributed by atoms with E-state index in [0.717, 1.165) is 5.57 Å². The molecule has 0 radical (unpaired) electrons. The molecule has 2 fully saturated rings. The topological polar surface area (TPSA) is 77.4 Å². The van der Waals surface area contributed by atoms with Crippen molar-refractivity contribution < 1.29 is 28.5 Å². The number of fused-ring (bicyclic) bond motifs is 1. The van der Waals surface area contributed by atoms with Gasteiger partial charge in [0.1, 0.15) is 18.3 Å². The van der Waals surface area contributed by atoms with Gasteiger partial charge in [-0.1, -0.05) is 59.8 Å². The first-order chi connectivity index (χ1) is 13.0. The summed E-state index contributed by atoms with van der Waals surface area (Å²) in [6.07, 6.45) is 4.79. The fourth-order valence-electron chi connectivity index (χ4n) is 4.70. The normalized spacial score (nSPS) is 37.7. The predicted molar refractivity (Wildman–Crippen MR) is 109 cm³/mol. The Morgan fingerprint density at radius 2 is 1.82 bits per heavy atom. The van der Waals surface area contributed by atoms with Crippen molar-refractivity contribution in [2.24, 2.45) is 0 Å². The average molecular weight is 413 g/mol. The second-order valence-electron chi connectivity index (χ2n) is 10.1. The Balaban J connectivity index is 1.76. The molecule has 0 saturated carbocycles. The molecule has 3 heterocycles. The molecule has 28 heavy (non-hydrogen) atoms. The fourth-order valence-corrected chi connectivity index (χ4v) is 9.60. The first-order valence-corrected chi connectivity index (χ1v) is 12.1. The summed E-state index contributed by atoms with van der Waals surface area (Å²) >= 11 is 0. The van der Waals surface area contributed by atoms with Gasteiger partial charge in [-0.05, 0) is 12.0 Å². The highest BCUT2D eigenvalue weighted by atomic mass is 28.4. The lowest BCUT2D eigenvalue weighted by atomic mass is 9.96. The van der Waals surface area contributed by atoms with Crippen molar-refractivity contribution in [2.75, 3.05) is 19.8 Å². The number of aliphatic hydroxyl groups is 2. The zero-order valence-corrected chi connectivity index (χ0v) is 19.0. The van der Waals surface area contributed by atoms with Gasteiger partial charge in [0.25, 0.3) is 0 Å². The lowest BCUT2D eigenvalue weighted by Gasteiger charge is -2.54. The van der Waals surface area contributed by atoms with Gasteiger partial charge < -0.3 is 28.5 Å². The zero-order chi connectivity index (χ0) is 20.7. The van der Waals surface area contributed by atoms with Crippen LogP contribution < -0.4 is 0 Å². The molecule has 5 atom stereocenters. The van der Waals surface area contributed by atoms with Crippen LogP contribution in [0.4, 0.5) is 0 Å². The second kappa shape index (κ2) is 7.94. The molecule has 0 spiro atoms. The summed E-state index contributed by atoms with van der Waals surface area (Å²) < 4.78 is 24.8. The molecular formula is C21H36O6Si. The van der Waals surface area contributed by atoms with Crippen molar-refractivity contribution in [3.05, 3.63) is 23.8 Å². The fraction of sp³-hybridized carbons (Fsp3) is 0.810. The van der Waals surface area contributed by atoms with E-state index in [9.17, 15) is 10.2 Å². The van der Waals surface area contributed by atoms with E-state index in [-0.39, 0.29) is 35.0 Å². The highest BCUT2D eigenvalue weighted by molar-refractivity contribution is 6.73. The Morgan fingerprint density at radius 3 is 2.43 bits per heavy atom. The molecule has 0 bridgehead atoms. The lowest BCUT2D eigenvalue weighted by Crippen LogP contribution is -2.65. The third kappa shape index (κ3) is 4.03. The number of hydrogen-bond donors (Lipinski definition) is 2. The SMILES string of the molecule is CC(C)(C)[Si]1(C(C)(C)C)OCC2OC(/C=C3\CCOC(CO)C3O)C=CC2O1. The quantitative estimate of drug-likeness (QED) is 0.536. The van der Waals surface area contributed by atoms with Crippen molar-refractivity contribution in [3.63, 3.8) is 0 Å². The Morgan fingerprint density at radius 1 is 1.14 bits per heavy atom. The summed E-state index contributed by atoms with van der Waals surface area (Å²) in [6.45, 7) is 14.0. The largest absolute Gasteiger partial charge is 0.394 e. The first kappa shape index (κ1) is 22.1. The number of ether oxygens (including phenoxy) is 2. The summed E-state index contributed by atoms with van der Waals surface area (Å²) in [5, 5.41) is 19.6. The van der Waals surface area contributed by atoms with Crippen molar-refractivity contribution in [2.45, 2.75) is 88.6 Å². The molecule has 2 N–H and O–H groups in total. The van der Waals surface area contributed by atoms with E-state index < -0.39 is 20.8 Å². The summed E-state index contributed by atoms with van der Waals surface area (Å²) in [6, 6.07) is 0. The first-order valence-electron chi connectivity index (χ1n) is 10.3. The number of hydrogen-bond acceptors (Lipinski definition) is 6. The third-order valence-electron chi connectivity index (χ3n) is 5.93. The second-order valence-corrected chi connectivity index (χ2v) is 14.8. The van der Waals surface area contributed by atoms with E-state index >= 15 is 0 Å². The smallest absolute Gasteiger partial charge is 0.349 e. The van der Waals surface area contributed by atoms with Crippen LogP contribution in [0.15, 0.2) is 23.8 Å². The molecule has 3 aliphatic heterocycles. The van der Waals surface area contributed by atoms with E-state index in [4.69, 9.17) is 18.3 Å². The third-order valence-corrected chi connectivity index (χ3v) is 11.1. The van der Waals surface area contributed by atoms with Crippen LogP contribution in [-0.4, -0.2) is 69.1 Å². The molecule has 0 aliphatic carbocycles. The molecule has 0 aromatic rings. The van der Waals surface area contributed by atoms with Crippen molar-refractivity contribution in [1.29, 1.82) is 0 Å². The maximum Gasteiger partial charge on any atom is 0.349 e. The average Bonchev–Trinajstić information content (AvgIpc) is 2.61. The summed E-state index contributed by atoms with van der Waals surface area (Å²) in [7, 11) is -2.51. The number of aliphatic hydroxyl groups excluding tert-OH is 2. The minimum Gasteiger partial charge on any atom is -0.394 e. The molecule has 0 aromatic heterocycles. The standard InChI is InChI=1S/C21H36O6Si/c1-20(2,3)28(21(4,5)6)25-13-18-16(27-28)8-7-15(26-18)11-14-9-10-24-17(12-22)19(14)23/h7-8,11,15-19,22-23H,9-10,12-13H2,1-6H3/b14-11+. The van der Waals surface area contributed by atoms with E-state index in [2.05, 4.69) is 47.6 Å². The van der Waals surface area contributed by atoms with Gasteiger partial charge in [0.05, 0.1) is 32.0 Å². The summed E-state index contributed by atoms with van der Waals surface area (Å²) in [5.74, 6) is 0. The van der Waals surface area contributed by atoms with Crippen LogP contribution in [0.3, 0.4) is 0 Å². The zero-order valence-electron chi connectivity index (χ0n) is 18.0. The number of rotatable bonds is 2. The molecule has 0 aromatic carbocycles. The maximum atomic E-state index is 10.4. The molecule has 3 rings (SSSR count). The molecule has 160 valence electrons. The lowest BCUT2D eigenvalue weighted by molar-refractivity contribution is -0.107. The molecule has 3 aliphatic rings. The van der Waals surface area contributed by atoms with Crippen LogP contribution in [0.1, 0.15) is 48.0 Å². The molecule has 0 amide bonds. The van der Waals surface area contributed by atoms with E-state index in [1.165, 1.54) is 0 Å². The maximum absolute atomic E-state index is 10.4. The van der Waals surface area contributed by atoms with Crippen molar-refractivity contribution in [3.8, 4) is 0 Å². The van der Waals surface area contributed by atoms with Gasteiger partial charge in [0.15, 0.2) is 0 Å². The monoisotopic (exact) mass is 412 g/mol. The van der Waals surface area contributed by atoms with Gasteiger partial charge in [-0.15, -0.1) is 0 Å². The van der Waals surface area contributed by atoms with E-state index in [0.29, 0.717) is 19.6 Å². The predicted octanol–water partition coefficient (Wildman–Crippen LogP) is 2.84. The van der Waals surface area contributed by atoms with Crippen LogP contribution in [-0.2, 0) is 18.3 Å². The van der Waals surface area contributed by atoms with Crippen LogP contribution in [0.5, 0.6) is 0 Å². The Labute approximate surface area is 169 Å². The van der Waals surface area contributed by atoms with Crippen molar-refractivity contribution in [1.82, 2.24) is 0 Å². The molecular weight excluding hydrogens is 376 g/mol. The molecule has 6 nitrogen and oxygen atoms in total. The van der Waals surface area contributed by atoms with Gasteiger partial charge in [-0.3, -0.25) is 0 Å². The van der Waals surface area contributed by atoms with E-state index in [1.54, 1.807) is 0 Å². The molecule has 5 unspecified atom stereocenters. The summed E-state index contributed by atoms with van der Waals surface area (Å²) in [5.41, 5.74) is 0.851. The minimum absolute atomic E-state index is 0.0611. The Hall–Kier alpha value is -0.543. The van der Waals surface area contributed by atoms with Gasteiger partial charge in [0, 0.05) is 10.1 Å². The van der Waals surface area contributed by atoms with Gasteiger partial charge in [-0.2, -0.15) is 0 Å². The van der Waals surface area contributed by atoms with Gasteiger partial charge in [-0.25, -0.2) is 0 Å². The molecule has 7 heteroatoms. The van der Waals surface area contributed by atoms with Crippen LogP contribution in [0.25, 0.3) is 0 Å². The molecule has 2 saturated heterocycles. The van der Waals surface area contributed by atoms with Crippen LogP contribution >= 0.6 is 0 Å². The van der Waals surface area contributed by atoms with Gasteiger partial charge >= 0.3 is 8.56 Å². The highest BCUT2D eigenvalue weighted by Gasteiger charge is 2.62. The van der Waals surface area contributed by atoms with Gasteiger partial charge in [0.2, 0.25) is 0 Å². The Bertz CT molecular complexity index is 603. The van der Waals surface area contributed by atoms with Crippen LogP contribution in [0, 0.1) is 0 Å². The highest BCUT2D eigenvalue weighted by Crippen LogP contribution is 2.54. The van der Waals surface area contributed by atoms with Crippen LogP contribution in [0.2, 0.25) is 10.1 Å².